The number of pyridine rings is 1. The molecule has 4 N–H and O–H groups in total. The molecule has 0 amide bonds. The van der Waals surface area contributed by atoms with Crippen molar-refractivity contribution in [2.75, 3.05) is 18.5 Å². The maximum atomic E-state index is 14.5. The van der Waals surface area contributed by atoms with Crippen LogP contribution in [0.3, 0.4) is 0 Å². The van der Waals surface area contributed by atoms with E-state index in [2.05, 4.69) is 31.2 Å². The predicted octanol–water partition coefficient (Wildman–Crippen LogP) is 3.51. The summed E-state index contributed by atoms with van der Waals surface area (Å²) >= 11 is 0. The summed E-state index contributed by atoms with van der Waals surface area (Å²) in [5, 5.41) is 31.2. The average Bonchev–Trinajstić information content (AvgIpc) is 3.52. The van der Waals surface area contributed by atoms with Gasteiger partial charge in [-0.05, 0) is 38.3 Å². The van der Waals surface area contributed by atoms with Crippen molar-refractivity contribution in [3.05, 3.63) is 54.2 Å². The quantitative estimate of drug-likeness (QED) is 0.257. The molecule has 37 heavy (non-hydrogen) atoms. The zero-order valence-electron chi connectivity index (χ0n) is 21.2. The van der Waals surface area contributed by atoms with Gasteiger partial charge in [0, 0.05) is 37.3 Å². The van der Waals surface area contributed by atoms with E-state index in [1.54, 1.807) is 29.9 Å². The first-order valence-electron chi connectivity index (χ1n) is 12.9. The molecule has 196 valence electrons. The number of aromatic nitrogens is 5. The topological polar surface area (TPSA) is 112 Å². The van der Waals surface area contributed by atoms with Crippen LogP contribution in [0.15, 0.2) is 42.9 Å². The van der Waals surface area contributed by atoms with E-state index in [4.69, 9.17) is 9.84 Å². The summed E-state index contributed by atoms with van der Waals surface area (Å²) in [7, 11) is 0. The van der Waals surface area contributed by atoms with Gasteiger partial charge in [0.25, 0.3) is 0 Å². The van der Waals surface area contributed by atoms with E-state index < -0.39 is 6.10 Å². The molecule has 1 aromatic carbocycles. The molecule has 1 aliphatic carbocycles. The fourth-order valence-corrected chi connectivity index (χ4v) is 5.04. The van der Waals surface area contributed by atoms with Crippen LogP contribution in [0.1, 0.15) is 44.2 Å². The van der Waals surface area contributed by atoms with Crippen LogP contribution >= 0.6 is 0 Å². The number of hydrogen-bond acceptors (Lipinski definition) is 6. The molecule has 1 saturated carbocycles. The van der Waals surface area contributed by atoms with Crippen molar-refractivity contribution in [2.24, 2.45) is 0 Å². The first-order valence-corrected chi connectivity index (χ1v) is 12.9. The number of fused-ring (bicyclic) bond motifs is 1. The van der Waals surface area contributed by atoms with E-state index in [9.17, 15) is 9.50 Å². The minimum Gasteiger partial charge on any atom is -0.487 e. The molecule has 4 aromatic rings. The van der Waals surface area contributed by atoms with Crippen molar-refractivity contribution in [1.29, 1.82) is 0 Å². The molecule has 0 saturated heterocycles. The molecule has 3 aromatic heterocycles. The smallest absolute Gasteiger partial charge is 0.244 e. The van der Waals surface area contributed by atoms with Crippen molar-refractivity contribution in [1.82, 2.24) is 19.9 Å². The molecule has 0 unspecified atom stereocenters. The zero-order chi connectivity index (χ0) is 25.9. The van der Waals surface area contributed by atoms with Gasteiger partial charge in [-0.3, -0.25) is 4.68 Å². The first kappa shape index (κ1) is 25.2. The van der Waals surface area contributed by atoms with E-state index in [1.165, 1.54) is 0 Å². The van der Waals surface area contributed by atoms with Gasteiger partial charge in [-0.2, -0.15) is 10.2 Å². The lowest BCUT2D eigenvalue weighted by molar-refractivity contribution is -0.753. The minimum absolute atomic E-state index is 0.0241. The van der Waals surface area contributed by atoms with E-state index in [1.807, 2.05) is 25.4 Å². The number of hydrogen-bond donors (Lipinski definition) is 4. The lowest BCUT2D eigenvalue weighted by atomic mass is 9.93. The molecule has 0 bridgehead atoms. The van der Waals surface area contributed by atoms with Gasteiger partial charge in [0.15, 0.2) is 17.6 Å². The SMILES string of the molecule is CCNc1cc2c(cn1)c(-c1cnn(C[C@H](O)CO)c1)[nH][n+]2C1CCC(Oc2cccc(C)c2F)CC1. The summed E-state index contributed by atoms with van der Waals surface area (Å²) in [4.78, 5) is 4.58. The van der Waals surface area contributed by atoms with Gasteiger partial charge in [-0.1, -0.05) is 12.1 Å². The summed E-state index contributed by atoms with van der Waals surface area (Å²) in [6.07, 6.45) is 8.00. The maximum Gasteiger partial charge on any atom is 0.244 e. The molecule has 1 aliphatic rings. The van der Waals surface area contributed by atoms with Gasteiger partial charge in [0.1, 0.15) is 11.5 Å². The molecule has 0 aliphatic heterocycles. The minimum atomic E-state index is -0.868. The summed E-state index contributed by atoms with van der Waals surface area (Å²) in [5.41, 5.74) is 3.40. The van der Waals surface area contributed by atoms with Crippen LogP contribution in [0.4, 0.5) is 10.2 Å². The van der Waals surface area contributed by atoms with Crippen LogP contribution in [0.2, 0.25) is 0 Å². The summed E-state index contributed by atoms with van der Waals surface area (Å²) in [5.74, 6) is 0.853. The molecular formula is C27H34FN6O3+. The Balaban J connectivity index is 1.40. The molecule has 10 heteroatoms. The van der Waals surface area contributed by atoms with Gasteiger partial charge in [-0.15, -0.1) is 4.68 Å². The number of H-pyrrole nitrogens is 1. The number of rotatable bonds is 9. The molecular weight excluding hydrogens is 475 g/mol. The zero-order valence-corrected chi connectivity index (χ0v) is 21.2. The van der Waals surface area contributed by atoms with Crippen molar-refractivity contribution in [2.45, 2.75) is 64.3 Å². The Bertz CT molecular complexity index is 1360. The van der Waals surface area contributed by atoms with E-state index in [0.717, 1.165) is 60.2 Å². The number of anilines is 1. The lowest BCUT2D eigenvalue weighted by Crippen LogP contribution is -2.44. The van der Waals surface area contributed by atoms with Gasteiger partial charge >= 0.3 is 0 Å². The molecule has 5 rings (SSSR count). The van der Waals surface area contributed by atoms with Crippen LogP contribution in [0.25, 0.3) is 22.2 Å². The van der Waals surface area contributed by atoms with E-state index >= 15 is 0 Å². The number of aromatic amines is 1. The number of benzene rings is 1. The van der Waals surface area contributed by atoms with Crippen molar-refractivity contribution in [3.8, 4) is 17.0 Å². The van der Waals surface area contributed by atoms with Gasteiger partial charge < -0.3 is 20.3 Å². The fourth-order valence-electron chi connectivity index (χ4n) is 5.04. The van der Waals surface area contributed by atoms with Crippen LogP contribution < -0.4 is 14.7 Å². The second-order valence-corrected chi connectivity index (χ2v) is 9.70. The number of halogens is 1. The van der Waals surface area contributed by atoms with Crippen LogP contribution in [0, 0.1) is 12.7 Å². The third-order valence-corrected chi connectivity index (χ3v) is 6.99. The number of ether oxygens (including phenoxy) is 1. The van der Waals surface area contributed by atoms with Crippen LogP contribution in [-0.4, -0.2) is 55.4 Å². The first-order chi connectivity index (χ1) is 18.0. The Morgan fingerprint density at radius 3 is 2.84 bits per heavy atom. The highest BCUT2D eigenvalue weighted by Gasteiger charge is 2.33. The molecule has 3 heterocycles. The highest BCUT2D eigenvalue weighted by atomic mass is 19.1. The van der Waals surface area contributed by atoms with Crippen molar-refractivity contribution < 1.29 is 24.0 Å². The lowest BCUT2D eigenvalue weighted by Gasteiger charge is -2.26. The number of aryl methyl sites for hydroxylation is 1. The maximum absolute atomic E-state index is 14.5. The average molecular weight is 510 g/mol. The Kier molecular flexibility index (Phi) is 7.38. The van der Waals surface area contributed by atoms with Gasteiger partial charge in [0.05, 0.1) is 43.0 Å². The molecule has 0 spiro atoms. The van der Waals surface area contributed by atoms with E-state index in [-0.39, 0.29) is 31.1 Å². The number of nitrogens with zero attached hydrogens (tertiary/aromatic N) is 4. The second kappa shape index (κ2) is 10.9. The third-order valence-electron chi connectivity index (χ3n) is 6.99. The molecule has 9 nitrogen and oxygen atoms in total. The van der Waals surface area contributed by atoms with Gasteiger partial charge in [0.2, 0.25) is 5.52 Å². The predicted molar refractivity (Wildman–Crippen MR) is 138 cm³/mol. The summed E-state index contributed by atoms with van der Waals surface area (Å²) in [6.45, 7) is 4.45. The van der Waals surface area contributed by atoms with Crippen LogP contribution in [0.5, 0.6) is 5.75 Å². The number of nitrogens with one attached hydrogen (secondary N) is 2. The van der Waals surface area contributed by atoms with Crippen molar-refractivity contribution in [3.63, 3.8) is 0 Å². The molecule has 1 atom stereocenters. The largest absolute Gasteiger partial charge is 0.487 e. The van der Waals surface area contributed by atoms with Crippen molar-refractivity contribution >= 4 is 16.7 Å². The Morgan fingerprint density at radius 1 is 1.27 bits per heavy atom. The summed E-state index contributed by atoms with van der Waals surface area (Å²) < 4.78 is 24.3. The Hall–Kier alpha value is -3.50. The Morgan fingerprint density at radius 2 is 2.08 bits per heavy atom. The van der Waals surface area contributed by atoms with Crippen LogP contribution in [-0.2, 0) is 6.54 Å². The molecule has 1 fully saturated rings. The number of aliphatic hydroxyl groups excluding tert-OH is 2. The van der Waals surface area contributed by atoms with Gasteiger partial charge in [-0.25, -0.2) is 9.37 Å². The third kappa shape index (κ3) is 5.30. The highest BCUT2D eigenvalue weighted by Crippen LogP contribution is 2.33. The summed E-state index contributed by atoms with van der Waals surface area (Å²) in [6, 6.07) is 7.55. The Labute approximate surface area is 214 Å². The van der Waals surface area contributed by atoms with E-state index in [0.29, 0.717) is 11.3 Å². The second-order valence-electron chi connectivity index (χ2n) is 9.70. The fraction of sp³-hybridized carbons (Fsp3) is 0.444. The standard InChI is InChI=1S/C27H33FN6O3/c1-3-29-25-11-23-22(13-30-25)27(18-12-31-33(14-18)15-20(36)16-35)32-34(23)19-7-9-21(10-8-19)37-24-6-4-5-17(2)26(24)28/h4-6,11-14,19-21,35-36H,3,7-10,15-16H2,1-2H3,(H,29,30,32)/p+1/t19?,20-,21?/m0/s1. The molecule has 0 radical (unpaired) electrons. The highest BCUT2D eigenvalue weighted by molar-refractivity contribution is 5.91. The monoisotopic (exact) mass is 509 g/mol. The number of aliphatic hydroxyl groups is 2. The normalized spacial score (nSPS) is 18.7.